The minimum Gasteiger partial charge on any atom is -0.496 e. The molecular formula is C17H20BrNO2. The predicted molar refractivity (Wildman–Crippen MR) is 89.1 cm³/mol. The van der Waals surface area contributed by atoms with Gasteiger partial charge in [0.05, 0.1) is 18.7 Å². The lowest BCUT2D eigenvalue weighted by molar-refractivity contribution is 0.411. The van der Waals surface area contributed by atoms with Crippen LogP contribution in [-0.2, 0) is 6.42 Å². The van der Waals surface area contributed by atoms with Gasteiger partial charge in [-0.1, -0.05) is 18.2 Å². The van der Waals surface area contributed by atoms with Crippen molar-refractivity contribution in [3.05, 3.63) is 57.6 Å². The van der Waals surface area contributed by atoms with Gasteiger partial charge in [-0.2, -0.15) is 0 Å². The highest BCUT2D eigenvalue weighted by Crippen LogP contribution is 2.28. The summed E-state index contributed by atoms with van der Waals surface area (Å²) in [6.45, 7) is 2.03. The fraction of sp³-hybridized carbons (Fsp3) is 0.294. The van der Waals surface area contributed by atoms with E-state index in [0.29, 0.717) is 0 Å². The van der Waals surface area contributed by atoms with Gasteiger partial charge in [0.2, 0.25) is 0 Å². The van der Waals surface area contributed by atoms with E-state index in [1.54, 1.807) is 14.2 Å². The van der Waals surface area contributed by atoms with E-state index in [2.05, 4.69) is 28.1 Å². The zero-order chi connectivity index (χ0) is 15.4. The van der Waals surface area contributed by atoms with Crippen LogP contribution in [0.5, 0.6) is 11.5 Å². The van der Waals surface area contributed by atoms with Crippen molar-refractivity contribution in [3.63, 3.8) is 0 Å². The SMILES string of the molecule is COc1ccc(C(N)Cc2ccc(OC)c(Br)c2)cc1C. The molecule has 2 rings (SSSR count). The molecule has 0 bridgehead atoms. The van der Waals surface area contributed by atoms with Gasteiger partial charge >= 0.3 is 0 Å². The largest absolute Gasteiger partial charge is 0.496 e. The first-order valence-electron chi connectivity index (χ1n) is 6.77. The molecule has 1 unspecified atom stereocenters. The Labute approximate surface area is 134 Å². The van der Waals surface area contributed by atoms with Gasteiger partial charge in [-0.05, 0) is 64.2 Å². The van der Waals surface area contributed by atoms with Crippen LogP contribution in [0, 0.1) is 6.92 Å². The second kappa shape index (κ2) is 6.96. The van der Waals surface area contributed by atoms with Gasteiger partial charge in [-0.25, -0.2) is 0 Å². The lowest BCUT2D eigenvalue weighted by Gasteiger charge is -2.15. The van der Waals surface area contributed by atoms with E-state index in [0.717, 1.165) is 33.5 Å². The Bertz CT molecular complexity index is 628. The molecule has 4 heteroatoms. The second-order valence-corrected chi connectivity index (χ2v) is 5.86. The highest BCUT2D eigenvalue weighted by atomic mass is 79.9. The van der Waals surface area contributed by atoms with E-state index in [1.165, 1.54) is 5.56 Å². The average Bonchev–Trinajstić information content (AvgIpc) is 2.47. The van der Waals surface area contributed by atoms with E-state index in [9.17, 15) is 0 Å². The number of ether oxygens (including phenoxy) is 2. The van der Waals surface area contributed by atoms with Crippen LogP contribution in [-0.4, -0.2) is 14.2 Å². The number of aryl methyl sites for hydroxylation is 1. The number of nitrogens with two attached hydrogens (primary N) is 1. The Morgan fingerprint density at radius 3 is 2.29 bits per heavy atom. The number of benzene rings is 2. The van der Waals surface area contributed by atoms with Crippen LogP contribution in [0.1, 0.15) is 22.7 Å². The van der Waals surface area contributed by atoms with Crippen LogP contribution in [0.2, 0.25) is 0 Å². The molecule has 3 nitrogen and oxygen atoms in total. The van der Waals surface area contributed by atoms with Gasteiger partial charge in [0, 0.05) is 6.04 Å². The topological polar surface area (TPSA) is 44.5 Å². The number of halogens is 1. The molecule has 0 amide bonds. The number of hydrogen-bond donors (Lipinski definition) is 1. The monoisotopic (exact) mass is 349 g/mol. The second-order valence-electron chi connectivity index (χ2n) is 5.01. The smallest absolute Gasteiger partial charge is 0.133 e. The van der Waals surface area contributed by atoms with Gasteiger partial charge in [-0.15, -0.1) is 0 Å². The summed E-state index contributed by atoms with van der Waals surface area (Å²) in [5.41, 5.74) is 9.70. The summed E-state index contributed by atoms with van der Waals surface area (Å²) >= 11 is 3.50. The molecule has 112 valence electrons. The van der Waals surface area contributed by atoms with E-state index < -0.39 is 0 Å². The third-order valence-electron chi connectivity index (χ3n) is 3.52. The van der Waals surface area contributed by atoms with E-state index in [1.807, 2.05) is 31.2 Å². The summed E-state index contributed by atoms with van der Waals surface area (Å²) < 4.78 is 11.5. The zero-order valence-corrected chi connectivity index (χ0v) is 14.1. The minimum atomic E-state index is -0.0464. The molecule has 0 spiro atoms. The molecule has 0 aliphatic carbocycles. The Morgan fingerprint density at radius 2 is 1.71 bits per heavy atom. The quantitative estimate of drug-likeness (QED) is 0.886. The van der Waals surface area contributed by atoms with Crippen molar-refractivity contribution in [1.29, 1.82) is 0 Å². The predicted octanol–water partition coefficient (Wildman–Crippen LogP) is 4.02. The lowest BCUT2D eigenvalue weighted by atomic mass is 9.98. The van der Waals surface area contributed by atoms with Crippen molar-refractivity contribution >= 4 is 15.9 Å². The Kier molecular flexibility index (Phi) is 5.26. The molecule has 1 atom stereocenters. The van der Waals surface area contributed by atoms with Crippen molar-refractivity contribution in [3.8, 4) is 11.5 Å². The van der Waals surface area contributed by atoms with Crippen molar-refractivity contribution in [2.75, 3.05) is 14.2 Å². The Hall–Kier alpha value is -1.52. The molecule has 2 N–H and O–H groups in total. The van der Waals surface area contributed by atoms with Crippen molar-refractivity contribution in [2.45, 2.75) is 19.4 Å². The molecule has 2 aromatic carbocycles. The number of rotatable bonds is 5. The van der Waals surface area contributed by atoms with Crippen molar-refractivity contribution in [2.24, 2.45) is 5.73 Å². The van der Waals surface area contributed by atoms with Crippen LogP contribution in [0.3, 0.4) is 0 Å². The van der Waals surface area contributed by atoms with Crippen molar-refractivity contribution in [1.82, 2.24) is 0 Å². The highest BCUT2D eigenvalue weighted by Gasteiger charge is 2.10. The molecular weight excluding hydrogens is 330 g/mol. The average molecular weight is 350 g/mol. The molecule has 0 fully saturated rings. The summed E-state index contributed by atoms with van der Waals surface area (Å²) in [6.07, 6.45) is 0.772. The summed E-state index contributed by atoms with van der Waals surface area (Å²) in [7, 11) is 3.34. The molecule has 0 aliphatic heterocycles. The maximum Gasteiger partial charge on any atom is 0.133 e. The molecule has 0 aromatic heterocycles. The number of methoxy groups -OCH3 is 2. The molecule has 0 heterocycles. The van der Waals surface area contributed by atoms with Crippen LogP contribution in [0.15, 0.2) is 40.9 Å². The van der Waals surface area contributed by atoms with Crippen LogP contribution in [0.25, 0.3) is 0 Å². The molecule has 0 radical (unpaired) electrons. The van der Waals surface area contributed by atoms with Crippen LogP contribution < -0.4 is 15.2 Å². The van der Waals surface area contributed by atoms with Gasteiger partial charge in [0.1, 0.15) is 11.5 Å². The maximum absolute atomic E-state index is 6.32. The summed E-state index contributed by atoms with van der Waals surface area (Å²) in [4.78, 5) is 0. The summed E-state index contributed by atoms with van der Waals surface area (Å²) in [6, 6.07) is 12.1. The minimum absolute atomic E-state index is 0.0464. The standard InChI is InChI=1S/C17H20BrNO2/c1-11-8-13(5-7-16(11)20-2)15(19)10-12-4-6-17(21-3)14(18)9-12/h4-9,15H,10,19H2,1-3H3. The van der Waals surface area contributed by atoms with Gasteiger partial charge < -0.3 is 15.2 Å². The third kappa shape index (κ3) is 3.77. The summed E-state index contributed by atoms with van der Waals surface area (Å²) in [5.74, 6) is 1.71. The van der Waals surface area contributed by atoms with E-state index in [-0.39, 0.29) is 6.04 Å². The summed E-state index contributed by atoms with van der Waals surface area (Å²) in [5, 5.41) is 0. The van der Waals surface area contributed by atoms with Crippen molar-refractivity contribution < 1.29 is 9.47 Å². The van der Waals surface area contributed by atoms with Crippen LogP contribution >= 0.6 is 15.9 Å². The first kappa shape index (κ1) is 15.9. The first-order valence-corrected chi connectivity index (χ1v) is 7.57. The maximum atomic E-state index is 6.32. The van der Waals surface area contributed by atoms with E-state index >= 15 is 0 Å². The molecule has 0 saturated carbocycles. The van der Waals surface area contributed by atoms with Gasteiger partial charge in [0.15, 0.2) is 0 Å². The zero-order valence-electron chi connectivity index (χ0n) is 12.5. The van der Waals surface area contributed by atoms with Gasteiger partial charge in [-0.3, -0.25) is 0 Å². The fourth-order valence-corrected chi connectivity index (χ4v) is 2.93. The van der Waals surface area contributed by atoms with Gasteiger partial charge in [0.25, 0.3) is 0 Å². The van der Waals surface area contributed by atoms with Crippen LogP contribution in [0.4, 0.5) is 0 Å². The van der Waals surface area contributed by atoms with E-state index in [4.69, 9.17) is 15.2 Å². The molecule has 0 saturated heterocycles. The number of hydrogen-bond acceptors (Lipinski definition) is 3. The molecule has 0 aliphatic rings. The first-order chi connectivity index (χ1) is 10.0. The third-order valence-corrected chi connectivity index (χ3v) is 4.14. The fourth-order valence-electron chi connectivity index (χ4n) is 2.34. The Morgan fingerprint density at radius 1 is 1.05 bits per heavy atom. The molecule has 2 aromatic rings. The highest BCUT2D eigenvalue weighted by molar-refractivity contribution is 9.10. The lowest BCUT2D eigenvalue weighted by Crippen LogP contribution is -2.13. The Balaban J connectivity index is 2.15. The molecule has 21 heavy (non-hydrogen) atoms. The normalized spacial score (nSPS) is 12.0.